The van der Waals surface area contributed by atoms with E-state index in [0.717, 1.165) is 12.8 Å². The van der Waals surface area contributed by atoms with Gasteiger partial charge in [0.25, 0.3) is 10.0 Å². The number of rotatable bonds is 4. The molecular weight excluding hydrogens is 386 g/mol. The lowest BCUT2D eigenvalue weighted by atomic mass is 9.98. The second kappa shape index (κ2) is 7.99. The Balaban J connectivity index is 1.52. The van der Waals surface area contributed by atoms with E-state index in [1.54, 1.807) is 24.3 Å². The molecule has 0 bridgehead atoms. The fraction of sp³-hybridized carbons (Fsp3) is 0.364. The van der Waals surface area contributed by atoms with Crippen LogP contribution in [0.3, 0.4) is 0 Å². The van der Waals surface area contributed by atoms with E-state index in [0.29, 0.717) is 30.9 Å². The molecule has 152 valence electrons. The number of amidine groups is 1. The van der Waals surface area contributed by atoms with Crippen molar-refractivity contribution in [1.82, 2.24) is 10.2 Å². The molecule has 2 heterocycles. The van der Waals surface area contributed by atoms with Crippen LogP contribution in [0.5, 0.6) is 0 Å². The molecule has 0 spiro atoms. The number of fused-ring (bicyclic) bond motifs is 1. The summed E-state index contributed by atoms with van der Waals surface area (Å²) in [5.74, 6) is 0.524. The van der Waals surface area contributed by atoms with Crippen molar-refractivity contribution in [2.24, 2.45) is 4.40 Å². The van der Waals surface area contributed by atoms with Crippen molar-refractivity contribution in [3.63, 3.8) is 0 Å². The van der Waals surface area contributed by atoms with Gasteiger partial charge in [-0.2, -0.15) is 8.42 Å². The van der Waals surface area contributed by atoms with Crippen molar-refractivity contribution in [2.45, 2.75) is 43.0 Å². The smallest absolute Gasteiger partial charge is 0.285 e. The molecule has 0 saturated carbocycles. The third-order valence-corrected chi connectivity index (χ3v) is 6.97. The maximum atomic E-state index is 13.0. The first-order valence-corrected chi connectivity index (χ1v) is 11.4. The van der Waals surface area contributed by atoms with Crippen LogP contribution in [0.1, 0.15) is 43.2 Å². The zero-order valence-corrected chi connectivity index (χ0v) is 17.2. The summed E-state index contributed by atoms with van der Waals surface area (Å²) in [6.45, 7) is 3.24. The highest BCUT2D eigenvalue weighted by Gasteiger charge is 2.37. The molecule has 2 aromatic rings. The molecule has 2 aliphatic rings. The standard InChI is InChI=1S/C22H25N3O3S/c1-16(17-9-3-2-4-10-17)15-23-22(26)19-12-7-8-14-25(19)21-18-11-5-6-13-20(18)29(27,28)24-21/h2-6,9-11,13,16,19H,7-8,12,14-15H2,1H3,(H,23,26)/t16-,19-/m1/s1. The number of likely N-dealkylation sites (tertiary alicyclic amines) is 1. The van der Waals surface area contributed by atoms with Crippen molar-refractivity contribution in [3.8, 4) is 0 Å². The second-order valence-electron chi connectivity index (χ2n) is 7.65. The molecule has 29 heavy (non-hydrogen) atoms. The van der Waals surface area contributed by atoms with Crippen molar-refractivity contribution in [2.75, 3.05) is 13.1 Å². The number of piperidine rings is 1. The van der Waals surface area contributed by atoms with E-state index in [4.69, 9.17) is 0 Å². The summed E-state index contributed by atoms with van der Waals surface area (Å²) in [5, 5.41) is 3.06. The van der Waals surface area contributed by atoms with Crippen LogP contribution in [0.15, 0.2) is 63.9 Å². The summed E-state index contributed by atoms with van der Waals surface area (Å²) in [7, 11) is -3.70. The second-order valence-corrected chi connectivity index (χ2v) is 9.22. The molecule has 7 heteroatoms. The SMILES string of the molecule is C[C@H](CNC(=O)[C@H]1CCCCN1C1=NS(=O)(=O)c2ccccc21)c1ccccc1. The van der Waals surface area contributed by atoms with Crippen molar-refractivity contribution < 1.29 is 13.2 Å². The molecule has 4 rings (SSSR count). The number of benzene rings is 2. The van der Waals surface area contributed by atoms with Gasteiger partial charge in [-0.1, -0.05) is 49.4 Å². The quantitative estimate of drug-likeness (QED) is 0.839. The highest BCUT2D eigenvalue weighted by molar-refractivity contribution is 7.90. The zero-order valence-electron chi connectivity index (χ0n) is 16.4. The Labute approximate surface area is 171 Å². The number of hydrogen-bond donors (Lipinski definition) is 1. The number of carbonyl (C=O) groups is 1. The Kier molecular flexibility index (Phi) is 5.41. The van der Waals surface area contributed by atoms with Gasteiger partial charge < -0.3 is 10.2 Å². The Morgan fingerprint density at radius 3 is 2.66 bits per heavy atom. The van der Waals surface area contributed by atoms with E-state index in [1.165, 1.54) is 5.56 Å². The van der Waals surface area contributed by atoms with Gasteiger partial charge >= 0.3 is 0 Å². The van der Waals surface area contributed by atoms with Gasteiger partial charge in [-0.25, -0.2) is 0 Å². The minimum Gasteiger partial charge on any atom is -0.354 e. The normalized spacial score (nSPS) is 21.2. The number of carbonyl (C=O) groups excluding carboxylic acids is 1. The van der Waals surface area contributed by atoms with E-state index in [-0.39, 0.29) is 16.7 Å². The predicted octanol–water partition coefficient (Wildman–Crippen LogP) is 2.91. The molecule has 6 nitrogen and oxygen atoms in total. The van der Waals surface area contributed by atoms with Gasteiger partial charge in [0.2, 0.25) is 5.91 Å². The van der Waals surface area contributed by atoms with E-state index >= 15 is 0 Å². The van der Waals surface area contributed by atoms with Gasteiger partial charge in [-0.05, 0) is 42.9 Å². The van der Waals surface area contributed by atoms with Crippen molar-refractivity contribution in [1.29, 1.82) is 0 Å². The topological polar surface area (TPSA) is 78.8 Å². The Morgan fingerprint density at radius 1 is 1.14 bits per heavy atom. The van der Waals surface area contributed by atoms with Crippen molar-refractivity contribution in [3.05, 3.63) is 65.7 Å². The molecule has 1 N–H and O–H groups in total. The van der Waals surface area contributed by atoms with E-state index in [1.807, 2.05) is 23.1 Å². The highest BCUT2D eigenvalue weighted by atomic mass is 32.2. The van der Waals surface area contributed by atoms with Crippen LogP contribution in [0, 0.1) is 0 Å². The van der Waals surface area contributed by atoms with Crippen LogP contribution < -0.4 is 5.32 Å². The first-order chi connectivity index (χ1) is 14.0. The van der Waals surface area contributed by atoms with Gasteiger partial charge in [0, 0.05) is 18.7 Å². The first kappa shape index (κ1) is 19.6. The van der Waals surface area contributed by atoms with Crippen LogP contribution in [-0.4, -0.2) is 44.2 Å². The van der Waals surface area contributed by atoms with Crippen LogP contribution in [0.4, 0.5) is 0 Å². The molecule has 0 aromatic heterocycles. The maximum absolute atomic E-state index is 13.0. The lowest BCUT2D eigenvalue weighted by molar-refractivity contribution is -0.126. The molecule has 1 amide bonds. The Bertz CT molecular complexity index is 1030. The van der Waals surface area contributed by atoms with Crippen LogP contribution in [0.25, 0.3) is 0 Å². The maximum Gasteiger partial charge on any atom is 0.285 e. The third-order valence-electron chi connectivity index (χ3n) is 5.64. The van der Waals surface area contributed by atoms with Crippen molar-refractivity contribution >= 4 is 21.8 Å². The average Bonchev–Trinajstić information content (AvgIpc) is 3.03. The van der Waals surface area contributed by atoms with Crippen LogP contribution >= 0.6 is 0 Å². The average molecular weight is 412 g/mol. The monoisotopic (exact) mass is 411 g/mol. The fourth-order valence-corrected chi connectivity index (χ4v) is 5.24. The largest absolute Gasteiger partial charge is 0.354 e. The summed E-state index contributed by atoms with van der Waals surface area (Å²) < 4.78 is 28.9. The lowest BCUT2D eigenvalue weighted by Gasteiger charge is -2.36. The summed E-state index contributed by atoms with van der Waals surface area (Å²) in [5.41, 5.74) is 1.76. The molecule has 1 fully saturated rings. The molecule has 0 aliphatic carbocycles. The number of amides is 1. The number of nitrogens with one attached hydrogen (secondary N) is 1. The van der Waals surface area contributed by atoms with Gasteiger partial charge in [-0.15, -0.1) is 4.40 Å². The molecule has 2 atom stereocenters. The minimum absolute atomic E-state index is 0.0723. The highest BCUT2D eigenvalue weighted by Crippen LogP contribution is 2.30. The number of sulfonamides is 1. The molecule has 2 aliphatic heterocycles. The Morgan fingerprint density at radius 2 is 1.86 bits per heavy atom. The Hall–Kier alpha value is -2.67. The molecule has 0 unspecified atom stereocenters. The van der Waals surface area contributed by atoms with E-state index in [2.05, 4.69) is 28.8 Å². The number of hydrogen-bond acceptors (Lipinski definition) is 4. The fourth-order valence-electron chi connectivity index (χ4n) is 4.02. The van der Waals surface area contributed by atoms with Gasteiger partial charge in [0.1, 0.15) is 10.9 Å². The van der Waals surface area contributed by atoms with Gasteiger partial charge in [-0.3, -0.25) is 4.79 Å². The summed E-state index contributed by atoms with van der Waals surface area (Å²) >= 11 is 0. The summed E-state index contributed by atoms with van der Waals surface area (Å²) in [4.78, 5) is 15.1. The molecule has 1 saturated heterocycles. The van der Waals surface area contributed by atoms with E-state index < -0.39 is 16.1 Å². The first-order valence-electron chi connectivity index (χ1n) is 10.0. The zero-order chi connectivity index (χ0) is 20.4. The summed E-state index contributed by atoms with van der Waals surface area (Å²) in [6, 6.07) is 16.5. The molecular formula is C22H25N3O3S. The van der Waals surface area contributed by atoms with Crippen LogP contribution in [0.2, 0.25) is 0 Å². The summed E-state index contributed by atoms with van der Waals surface area (Å²) in [6.07, 6.45) is 2.53. The minimum atomic E-state index is -3.70. The van der Waals surface area contributed by atoms with E-state index in [9.17, 15) is 13.2 Å². The van der Waals surface area contributed by atoms with Gasteiger partial charge in [0.05, 0.1) is 0 Å². The third kappa shape index (κ3) is 3.92. The predicted molar refractivity (Wildman–Crippen MR) is 112 cm³/mol. The van der Waals surface area contributed by atoms with Gasteiger partial charge in [0.15, 0.2) is 5.84 Å². The molecule has 2 aromatic carbocycles. The lowest BCUT2D eigenvalue weighted by Crippen LogP contribution is -2.52. The van der Waals surface area contributed by atoms with Crippen LogP contribution in [-0.2, 0) is 14.8 Å². The number of nitrogens with zero attached hydrogens (tertiary/aromatic N) is 2. The molecule has 0 radical (unpaired) electrons.